The van der Waals surface area contributed by atoms with Crippen LogP contribution in [0.4, 0.5) is 0 Å². The zero-order valence-corrected chi connectivity index (χ0v) is 13.7. The van der Waals surface area contributed by atoms with E-state index in [1.807, 2.05) is 20.8 Å². The van der Waals surface area contributed by atoms with Gasteiger partial charge in [-0.05, 0) is 25.0 Å². The summed E-state index contributed by atoms with van der Waals surface area (Å²) >= 11 is 0. The van der Waals surface area contributed by atoms with Crippen LogP contribution in [-0.4, -0.2) is 32.8 Å². The lowest BCUT2D eigenvalue weighted by Gasteiger charge is -2.19. The highest BCUT2D eigenvalue weighted by Crippen LogP contribution is 2.38. The lowest BCUT2D eigenvalue weighted by molar-refractivity contribution is 0.0929. The molecule has 0 aliphatic heterocycles. The predicted molar refractivity (Wildman–Crippen MR) is 85.6 cm³/mol. The molecule has 0 aliphatic rings. The number of ether oxygens (including phenoxy) is 3. The second-order valence-corrected chi connectivity index (χ2v) is 5.21. The van der Waals surface area contributed by atoms with Gasteiger partial charge in [-0.2, -0.15) is 0 Å². The van der Waals surface area contributed by atoms with E-state index in [2.05, 4.69) is 11.2 Å². The van der Waals surface area contributed by atoms with E-state index in [4.69, 9.17) is 20.6 Å². The summed E-state index contributed by atoms with van der Waals surface area (Å²) in [6, 6.07) is 3.27. The SMILES string of the molecule is C#CCOc1c(OC)cc(C(=O)N[C@@H](C)C(C)C)cc1OC. The number of benzene rings is 1. The van der Waals surface area contributed by atoms with Crippen LogP contribution in [0.15, 0.2) is 12.1 Å². The summed E-state index contributed by atoms with van der Waals surface area (Å²) in [5, 5.41) is 2.94. The first-order chi connectivity index (χ1) is 10.4. The third-order valence-corrected chi connectivity index (χ3v) is 3.38. The fraction of sp³-hybridized carbons (Fsp3) is 0.471. The van der Waals surface area contributed by atoms with Gasteiger partial charge in [0.1, 0.15) is 6.61 Å². The number of hydrogen-bond acceptors (Lipinski definition) is 4. The molecule has 0 aliphatic carbocycles. The van der Waals surface area contributed by atoms with Crippen LogP contribution in [-0.2, 0) is 0 Å². The van der Waals surface area contributed by atoms with Gasteiger partial charge in [0.2, 0.25) is 5.75 Å². The third kappa shape index (κ3) is 4.32. The Bertz CT molecular complexity index is 535. The maximum atomic E-state index is 12.3. The quantitative estimate of drug-likeness (QED) is 0.786. The molecule has 0 spiro atoms. The van der Waals surface area contributed by atoms with E-state index in [0.717, 1.165) is 0 Å². The van der Waals surface area contributed by atoms with Crippen molar-refractivity contribution in [1.29, 1.82) is 0 Å². The number of hydrogen-bond donors (Lipinski definition) is 1. The summed E-state index contributed by atoms with van der Waals surface area (Å²) in [7, 11) is 2.99. The molecule has 5 nitrogen and oxygen atoms in total. The van der Waals surface area contributed by atoms with Crippen molar-refractivity contribution in [3.63, 3.8) is 0 Å². The van der Waals surface area contributed by atoms with Crippen molar-refractivity contribution in [1.82, 2.24) is 5.32 Å². The molecule has 0 aromatic heterocycles. The van der Waals surface area contributed by atoms with Crippen molar-refractivity contribution in [2.45, 2.75) is 26.8 Å². The number of methoxy groups -OCH3 is 2. The molecule has 5 heteroatoms. The van der Waals surface area contributed by atoms with Gasteiger partial charge in [0.25, 0.3) is 5.91 Å². The summed E-state index contributed by atoms with van der Waals surface area (Å²) in [5.74, 6) is 3.71. The molecule has 0 saturated carbocycles. The Morgan fingerprint density at radius 1 is 1.23 bits per heavy atom. The summed E-state index contributed by atoms with van der Waals surface area (Å²) in [6.45, 7) is 6.13. The van der Waals surface area contributed by atoms with Crippen LogP contribution in [0.1, 0.15) is 31.1 Å². The Morgan fingerprint density at radius 3 is 2.18 bits per heavy atom. The zero-order valence-electron chi connectivity index (χ0n) is 13.7. The van der Waals surface area contributed by atoms with Gasteiger partial charge < -0.3 is 19.5 Å². The lowest BCUT2D eigenvalue weighted by atomic mass is 10.1. The first-order valence-electron chi connectivity index (χ1n) is 7.07. The van der Waals surface area contributed by atoms with E-state index < -0.39 is 0 Å². The fourth-order valence-electron chi connectivity index (χ4n) is 1.72. The van der Waals surface area contributed by atoms with Crippen LogP contribution in [0.3, 0.4) is 0 Å². The average Bonchev–Trinajstić information content (AvgIpc) is 2.51. The summed E-state index contributed by atoms with van der Waals surface area (Å²) in [5.41, 5.74) is 0.439. The molecular formula is C17H23NO4. The van der Waals surface area contributed by atoms with Gasteiger partial charge in [-0.1, -0.05) is 19.8 Å². The van der Waals surface area contributed by atoms with Crippen LogP contribution in [0.5, 0.6) is 17.2 Å². The Labute approximate surface area is 131 Å². The van der Waals surface area contributed by atoms with Gasteiger partial charge in [0.05, 0.1) is 14.2 Å². The molecule has 0 saturated heterocycles. The van der Waals surface area contributed by atoms with Gasteiger partial charge in [0.15, 0.2) is 11.5 Å². The maximum Gasteiger partial charge on any atom is 0.251 e. The Morgan fingerprint density at radius 2 is 1.77 bits per heavy atom. The second-order valence-electron chi connectivity index (χ2n) is 5.21. The van der Waals surface area contributed by atoms with Crippen LogP contribution in [0.2, 0.25) is 0 Å². The molecule has 1 aromatic carbocycles. The molecule has 1 amide bonds. The lowest BCUT2D eigenvalue weighted by Crippen LogP contribution is -2.36. The van der Waals surface area contributed by atoms with E-state index in [1.54, 1.807) is 12.1 Å². The third-order valence-electron chi connectivity index (χ3n) is 3.38. The molecule has 0 radical (unpaired) electrons. The van der Waals surface area contributed by atoms with Crippen LogP contribution < -0.4 is 19.5 Å². The van der Waals surface area contributed by atoms with Crippen LogP contribution in [0, 0.1) is 18.3 Å². The first kappa shape index (κ1) is 17.7. The van der Waals surface area contributed by atoms with Gasteiger partial charge in [-0.15, -0.1) is 6.42 Å². The minimum absolute atomic E-state index is 0.0573. The number of terminal acetylenes is 1. The smallest absolute Gasteiger partial charge is 0.251 e. The Kier molecular flexibility index (Phi) is 6.58. The first-order valence-corrected chi connectivity index (χ1v) is 7.07. The molecule has 1 atom stereocenters. The molecule has 1 aromatic rings. The zero-order chi connectivity index (χ0) is 16.7. The fourth-order valence-corrected chi connectivity index (χ4v) is 1.72. The molecule has 0 unspecified atom stereocenters. The standard InChI is InChI=1S/C17H23NO4/c1-7-8-22-16-14(20-5)9-13(10-15(16)21-6)17(19)18-12(4)11(2)3/h1,9-12H,8H2,2-6H3,(H,18,19)/t12-/m0/s1. The van der Waals surface area contributed by atoms with Crippen molar-refractivity contribution in [3.05, 3.63) is 17.7 Å². The Hall–Kier alpha value is -2.35. The molecule has 0 bridgehead atoms. The molecule has 22 heavy (non-hydrogen) atoms. The average molecular weight is 305 g/mol. The highest BCUT2D eigenvalue weighted by molar-refractivity contribution is 5.95. The van der Waals surface area contributed by atoms with E-state index in [0.29, 0.717) is 28.7 Å². The molecule has 0 fully saturated rings. The van der Waals surface area contributed by atoms with E-state index >= 15 is 0 Å². The van der Waals surface area contributed by atoms with Gasteiger partial charge >= 0.3 is 0 Å². The topological polar surface area (TPSA) is 56.8 Å². The minimum atomic E-state index is -0.193. The molecule has 120 valence electrons. The van der Waals surface area contributed by atoms with E-state index in [-0.39, 0.29) is 18.6 Å². The highest BCUT2D eigenvalue weighted by Gasteiger charge is 2.19. The van der Waals surface area contributed by atoms with Crippen molar-refractivity contribution < 1.29 is 19.0 Å². The maximum absolute atomic E-state index is 12.3. The van der Waals surface area contributed by atoms with Crippen molar-refractivity contribution >= 4 is 5.91 Å². The molecule has 1 N–H and O–H groups in total. The molecule has 0 heterocycles. The van der Waals surface area contributed by atoms with Crippen molar-refractivity contribution in [3.8, 4) is 29.6 Å². The number of carbonyl (C=O) groups is 1. The number of nitrogens with one attached hydrogen (secondary N) is 1. The summed E-state index contributed by atoms with van der Waals surface area (Å²) < 4.78 is 16.0. The largest absolute Gasteiger partial charge is 0.493 e. The summed E-state index contributed by atoms with van der Waals surface area (Å²) in [6.07, 6.45) is 5.20. The minimum Gasteiger partial charge on any atom is -0.493 e. The van der Waals surface area contributed by atoms with Gasteiger partial charge in [-0.3, -0.25) is 4.79 Å². The molecule has 1 rings (SSSR count). The number of carbonyl (C=O) groups excluding carboxylic acids is 1. The van der Waals surface area contributed by atoms with Gasteiger partial charge in [-0.25, -0.2) is 0 Å². The van der Waals surface area contributed by atoms with Crippen LogP contribution >= 0.6 is 0 Å². The van der Waals surface area contributed by atoms with E-state index in [1.165, 1.54) is 14.2 Å². The monoisotopic (exact) mass is 305 g/mol. The van der Waals surface area contributed by atoms with Crippen molar-refractivity contribution in [2.75, 3.05) is 20.8 Å². The van der Waals surface area contributed by atoms with Gasteiger partial charge in [0, 0.05) is 11.6 Å². The Balaban J connectivity index is 3.12. The highest BCUT2D eigenvalue weighted by atomic mass is 16.5. The van der Waals surface area contributed by atoms with Crippen LogP contribution in [0.25, 0.3) is 0 Å². The predicted octanol–water partition coefficient (Wildman–Crippen LogP) is 2.49. The summed E-state index contributed by atoms with van der Waals surface area (Å²) in [4.78, 5) is 12.3. The van der Waals surface area contributed by atoms with E-state index in [9.17, 15) is 4.79 Å². The number of rotatable bonds is 7. The number of amides is 1. The van der Waals surface area contributed by atoms with Crippen molar-refractivity contribution in [2.24, 2.45) is 5.92 Å². The normalized spacial score (nSPS) is 11.5. The second kappa shape index (κ2) is 8.18. The molecular weight excluding hydrogens is 282 g/mol.